The number of hydrogen-bond acceptors (Lipinski definition) is 7. The third-order valence-corrected chi connectivity index (χ3v) is 3.67. The Morgan fingerprint density at radius 3 is 2.48 bits per heavy atom. The third-order valence-electron chi connectivity index (χ3n) is 3.67. The van der Waals surface area contributed by atoms with Gasteiger partial charge in [-0.15, -0.1) is 0 Å². The lowest BCUT2D eigenvalue weighted by molar-refractivity contribution is -0.114. The zero-order valence-corrected chi connectivity index (χ0v) is 16.5. The minimum Gasteiger partial charge on any atom is -0.404 e. The van der Waals surface area contributed by atoms with Crippen molar-refractivity contribution in [3.63, 3.8) is 0 Å². The summed E-state index contributed by atoms with van der Waals surface area (Å²) < 4.78 is 27.4. The number of anilines is 3. The molecule has 0 aromatic carbocycles. The van der Waals surface area contributed by atoms with Gasteiger partial charge in [-0.3, -0.25) is 4.79 Å². The average molecular weight is 403 g/mol. The van der Waals surface area contributed by atoms with Gasteiger partial charge in [-0.1, -0.05) is 0 Å². The molecule has 0 atom stereocenters. The Bertz CT molecular complexity index is 981. The molecule has 154 valence electrons. The summed E-state index contributed by atoms with van der Waals surface area (Å²) in [6.07, 6.45) is 4.48. The van der Waals surface area contributed by atoms with Crippen LogP contribution in [0.4, 0.5) is 26.1 Å². The van der Waals surface area contributed by atoms with E-state index in [1.165, 1.54) is 31.5 Å². The maximum atomic E-state index is 13.7. The monoisotopic (exact) mass is 403 g/mol. The van der Waals surface area contributed by atoms with Gasteiger partial charge in [0.15, 0.2) is 0 Å². The number of carbonyl (C=O) groups is 1. The molecule has 0 fully saturated rings. The Balaban J connectivity index is 2.55. The first kappa shape index (κ1) is 21.7. The fourth-order valence-electron chi connectivity index (χ4n) is 2.38. The van der Waals surface area contributed by atoms with Gasteiger partial charge < -0.3 is 22.1 Å². The number of hydrogen-bond donors (Lipinski definition) is 4. The summed E-state index contributed by atoms with van der Waals surface area (Å²) in [6, 6.07) is 3.04. The summed E-state index contributed by atoms with van der Waals surface area (Å²) in [4.78, 5) is 23.2. The number of nitrogens with two attached hydrogens (primary N) is 2. The van der Waals surface area contributed by atoms with Crippen molar-refractivity contribution in [3.8, 4) is 0 Å². The smallest absolute Gasteiger partial charge is 0.303 e. The lowest BCUT2D eigenvalue weighted by atomic mass is 10.1. The molecule has 0 unspecified atom stereocenters. The Hall–Kier alpha value is -3.56. The number of allylic oxidation sites excluding steroid dienone is 2. The Kier molecular flexibility index (Phi) is 6.47. The molecule has 2 heterocycles. The van der Waals surface area contributed by atoms with Gasteiger partial charge in [-0.05, 0) is 31.7 Å². The Morgan fingerprint density at radius 2 is 1.90 bits per heavy atom. The van der Waals surface area contributed by atoms with Crippen LogP contribution in [0, 0.1) is 6.92 Å². The number of nitrogens with zero attached hydrogens (tertiary/aromatic N) is 3. The normalized spacial score (nSPS) is 12.6. The van der Waals surface area contributed by atoms with E-state index in [0.29, 0.717) is 28.2 Å². The molecule has 1 amide bonds. The first-order chi connectivity index (χ1) is 13.5. The van der Waals surface area contributed by atoms with E-state index < -0.39 is 11.7 Å². The zero-order chi connectivity index (χ0) is 21.8. The van der Waals surface area contributed by atoms with E-state index in [0.717, 1.165) is 6.92 Å². The first-order valence-electron chi connectivity index (χ1n) is 8.64. The fraction of sp³-hybridized carbons (Fsp3) is 0.263. The van der Waals surface area contributed by atoms with E-state index in [1.807, 2.05) is 0 Å². The van der Waals surface area contributed by atoms with Crippen molar-refractivity contribution in [1.82, 2.24) is 15.0 Å². The molecule has 2 rings (SSSR count). The summed E-state index contributed by atoms with van der Waals surface area (Å²) in [5.41, 5.74) is 13.9. The number of amides is 1. The number of rotatable bonds is 6. The number of pyridine rings is 1. The molecule has 0 bridgehead atoms. The van der Waals surface area contributed by atoms with Gasteiger partial charge in [-0.2, -0.15) is 8.78 Å². The van der Waals surface area contributed by atoms with Gasteiger partial charge in [0.1, 0.15) is 11.6 Å². The number of nitrogens with one attached hydrogen (secondary N) is 2. The van der Waals surface area contributed by atoms with E-state index in [1.54, 1.807) is 19.9 Å². The summed E-state index contributed by atoms with van der Waals surface area (Å²) in [5, 5.41) is 5.53. The van der Waals surface area contributed by atoms with Gasteiger partial charge >= 0.3 is 5.92 Å². The molecule has 10 heteroatoms. The van der Waals surface area contributed by atoms with Gasteiger partial charge in [0.05, 0.1) is 5.69 Å². The third kappa shape index (κ3) is 5.96. The van der Waals surface area contributed by atoms with Crippen LogP contribution in [0.25, 0.3) is 5.70 Å². The number of aryl methyl sites for hydroxylation is 1. The minimum atomic E-state index is -3.20. The maximum absolute atomic E-state index is 13.7. The summed E-state index contributed by atoms with van der Waals surface area (Å²) >= 11 is 0. The van der Waals surface area contributed by atoms with E-state index in [2.05, 4.69) is 25.6 Å². The highest BCUT2D eigenvalue weighted by atomic mass is 19.3. The van der Waals surface area contributed by atoms with Crippen molar-refractivity contribution in [2.45, 2.75) is 33.6 Å². The second kappa shape index (κ2) is 8.63. The van der Waals surface area contributed by atoms with Crippen LogP contribution >= 0.6 is 0 Å². The SMILES string of the molecule is CC(=O)Nc1cc(Nc2cc(C)nc(C(C)(F)F)n2)c(/C(N)=C/C(C)=C\N)cn1. The molecular formula is C19H23F2N7O. The van der Waals surface area contributed by atoms with Crippen LogP contribution in [0.2, 0.25) is 0 Å². The van der Waals surface area contributed by atoms with Crippen LogP contribution in [0.15, 0.2) is 36.2 Å². The summed E-state index contributed by atoms with van der Waals surface area (Å²) in [6.45, 7) is 5.42. The number of carbonyl (C=O) groups excluding carboxylic acids is 1. The van der Waals surface area contributed by atoms with E-state index in [4.69, 9.17) is 11.5 Å². The fourth-order valence-corrected chi connectivity index (χ4v) is 2.38. The van der Waals surface area contributed by atoms with Gasteiger partial charge in [-0.25, -0.2) is 15.0 Å². The highest BCUT2D eigenvalue weighted by Crippen LogP contribution is 2.29. The summed E-state index contributed by atoms with van der Waals surface area (Å²) in [7, 11) is 0. The molecule has 8 nitrogen and oxygen atoms in total. The molecule has 2 aromatic rings. The molecule has 0 aliphatic carbocycles. The minimum absolute atomic E-state index is 0.147. The van der Waals surface area contributed by atoms with Crippen LogP contribution < -0.4 is 22.1 Å². The van der Waals surface area contributed by atoms with E-state index >= 15 is 0 Å². The lowest BCUT2D eigenvalue weighted by Crippen LogP contribution is -2.15. The quantitative estimate of drug-likeness (QED) is 0.545. The second-order valence-corrected chi connectivity index (χ2v) is 6.54. The van der Waals surface area contributed by atoms with Crippen LogP contribution in [-0.2, 0) is 10.7 Å². The Morgan fingerprint density at radius 1 is 1.21 bits per heavy atom. The molecule has 0 radical (unpaired) electrons. The van der Waals surface area contributed by atoms with Crippen LogP contribution in [-0.4, -0.2) is 20.9 Å². The van der Waals surface area contributed by atoms with Crippen LogP contribution in [0.5, 0.6) is 0 Å². The molecule has 29 heavy (non-hydrogen) atoms. The zero-order valence-electron chi connectivity index (χ0n) is 16.5. The van der Waals surface area contributed by atoms with Crippen molar-refractivity contribution in [2.24, 2.45) is 11.5 Å². The topological polar surface area (TPSA) is 132 Å². The van der Waals surface area contributed by atoms with Gasteiger partial charge in [0.2, 0.25) is 11.7 Å². The largest absolute Gasteiger partial charge is 0.404 e. The number of alkyl halides is 2. The standard InChI is InChI=1S/C19H23F2N7O/c1-10(8-22)5-14(23)13-9-24-16(26-12(3)29)7-15(13)27-17-6-11(2)25-18(28-17)19(4,20)21/h5-9H,22-23H2,1-4H3,(H2,24,25,26,27,28,29)/b10-8-,14-5-. The lowest BCUT2D eigenvalue weighted by Gasteiger charge is -2.16. The molecule has 0 aliphatic rings. The van der Waals surface area contributed by atoms with Crippen molar-refractivity contribution in [1.29, 1.82) is 0 Å². The Labute approximate surface area is 167 Å². The van der Waals surface area contributed by atoms with Gasteiger partial charge in [0, 0.05) is 49.1 Å². The average Bonchev–Trinajstić information content (AvgIpc) is 2.60. The summed E-state index contributed by atoms with van der Waals surface area (Å²) in [5.74, 6) is -3.72. The molecule has 0 saturated heterocycles. The highest BCUT2D eigenvalue weighted by molar-refractivity contribution is 5.89. The highest BCUT2D eigenvalue weighted by Gasteiger charge is 2.29. The second-order valence-electron chi connectivity index (χ2n) is 6.54. The van der Waals surface area contributed by atoms with Crippen molar-refractivity contribution in [3.05, 3.63) is 53.3 Å². The maximum Gasteiger partial charge on any atom is 0.303 e. The van der Waals surface area contributed by atoms with Crippen molar-refractivity contribution in [2.75, 3.05) is 10.6 Å². The molecule has 6 N–H and O–H groups in total. The van der Waals surface area contributed by atoms with E-state index in [9.17, 15) is 13.6 Å². The molecular weight excluding hydrogens is 380 g/mol. The molecule has 2 aromatic heterocycles. The number of aromatic nitrogens is 3. The predicted octanol–water partition coefficient (Wildman–Crippen LogP) is 3.16. The van der Waals surface area contributed by atoms with Crippen LogP contribution in [0.3, 0.4) is 0 Å². The predicted molar refractivity (Wildman–Crippen MR) is 108 cm³/mol. The van der Waals surface area contributed by atoms with Gasteiger partial charge in [0.25, 0.3) is 0 Å². The number of halogens is 2. The molecule has 0 saturated carbocycles. The first-order valence-corrected chi connectivity index (χ1v) is 8.64. The van der Waals surface area contributed by atoms with E-state index in [-0.39, 0.29) is 17.5 Å². The molecule has 0 aliphatic heterocycles. The van der Waals surface area contributed by atoms with Crippen LogP contribution in [0.1, 0.15) is 37.9 Å². The van der Waals surface area contributed by atoms with Crippen molar-refractivity contribution < 1.29 is 13.6 Å². The molecule has 0 spiro atoms. The van der Waals surface area contributed by atoms with Crippen molar-refractivity contribution >= 4 is 28.9 Å².